The number of imidazole rings is 2. The lowest BCUT2D eigenvalue weighted by Gasteiger charge is -2.32. The van der Waals surface area contributed by atoms with Crippen LogP contribution in [0.3, 0.4) is 0 Å². The normalized spacial score (nSPS) is 13.1. The van der Waals surface area contributed by atoms with Gasteiger partial charge in [-0.05, 0) is 137 Å². The molecule has 7 heterocycles. The van der Waals surface area contributed by atoms with Crippen LogP contribution in [-0.4, -0.2) is 67.0 Å². The molecule has 104 heavy (non-hydrogen) atoms. The second-order valence-corrected chi connectivity index (χ2v) is 27.0. The van der Waals surface area contributed by atoms with Gasteiger partial charge in [0.15, 0.2) is 29.1 Å². The van der Waals surface area contributed by atoms with E-state index in [1.165, 1.54) is 5.39 Å². The van der Waals surface area contributed by atoms with Gasteiger partial charge in [-0.15, -0.1) is 0 Å². The molecule has 14 heteroatoms. The highest BCUT2D eigenvalue weighted by molar-refractivity contribution is 6.62. The number of aromatic nitrogens is 10. The van der Waals surface area contributed by atoms with Gasteiger partial charge in [0, 0.05) is 38.9 Å². The van der Waals surface area contributed by atoms with Crippen LogP contribution in [0.5, 0.6) is 0 Å². The maximum atomic E-state index is 6.22. The first-order valence-electron chi connectivity index (χ1n) is 34.7. The lowest BCUT2D eigenvalue weighted by atomic mass is 9.78. The highest BCUT2D eigenvalue weighted by Gasteiger charge is 2.51. The molecular weight excluding hydrogens is 1300 g/mol. The van der Waals surface area contributed by atoms with Gasteiger partial charge in [-0.2, -0.15) is 9.97 Å². The van der Waals surface area contributed by atoms with E-state index in [-0.39, 0.29) is 23.6 Å². The molecule has 1 saturated heterocycles. The van der Waals surface area contributed by atoms with Gasteiger partial charge < -0.3 is 9.31 Å². The Kier molecular flexibility index (Phi) is 17.0. The van der Waals surface area contributed by atoms with Crippen molar-refractivity contribution in [1.29, 1.82) is 0 Å². The fourth-order valence-corrected chi connectivity index (χ4v) is 13.8. The summed E-state index contributed by atoms with van der Waals surface area (Å²) in [6.07, 6.45) is 0. The summed E-state index contributed by atoms with van der Waals surface area (Å²) in [6.45, 7) is 8.32. The van der Waals surface area contributed by atoms with Gasteiger partial charge in [0.05, 0.1) is 44.3 Å². The average molecular weight is 1370 g/mol. The van der Waals surface area contributed by atoms with Crippen LogP contribution in [0.15, 0.2) is 328 Å². The van der Waals surface area contributed by atoms with E-state index in [2.05, 4.69) is 258 Å². The van der Waals surface area contributed by atoms with Crippen LogP contribution in [0.1, 0.15) is 27.7 Å². The summed E-state index contributed by atoms with van der Waals surface area (Å²) < 4.78 is 17.0. The first kappa shape index (κ1) is 64.7. The van der Waals surface area contributed by atoms with Gasteiger partial charge in [0.25, 0.3) is 0 Å². The van der Waals surface area contributed by atoms with Gasteiger partial charge in [-0.1, -0.05) is 279 Å². The Bertz CT molecular complexity index is 6180. The SMILES string of the molecule is CC1(C)OB(c2ccc(-c3cc4ccccc4n4c3nc3ccccc34)cc2)OC1(C)C.Clc1nc(-c2ccccc2)nc(-c2ccccc2-c2ccccc2)n1.c1ccc(-c2nc(-c3ccc(-c4cc5ccccc5n5c4nc4ccccc45)cc3)nc(-c3ccccc3-c3ccccc3)n2)cc1. The van der Waals surface area contributed by atoms with Crippen LogP contribution in [0.2, 0.25) is 5.28 Å². The molecule has 0 unspecified atom stereocenters. The minimum atomic E-state index is -0.361. The third kappa shape index (κ3) is 12.5. The van der Waals surface area contributed by atoms with Crippen molar-refractivity contribution in [2.75, 3.05) is 0 Å². The number of para-hydroxylation sites is 6. The molecule has 0 spiro atoms. The third-order valence-electron chi connectivity index (χ3n) is 19.6. The molecule has 19 rings (SSSR count). The monoisotopic (exact) mass is 1360 g/mol. The summed E-state index contributed by atoms with van der Waals surface area (Å²) in [4.78, 5) is 38.4. The molecular formula is C90H66BClN10O2. The molecule has 18 aromatic rings. The lowest BCUT2D eigenvalue weighted by molar-refractivity contribution is 0.00578. The highest BCUT2D eigenvalue weighted by Crippen LogP contribution is 2.40. The second kappa shape index (κ2) is 27.4. The Morgan fingerprint density at radius 2 is 0.567 bits per heavy atom. The number of rotatable bonds is 10. The van der Waals surface area contributed by atoms with E-state index in [1.807, 2.05) is 121 Å². The molecule has 0 radical (unpaired) electrons. The molecule has 1 aliphatic rings. The Hall–Kier alpha value is -12.6. The first-order chi connectivity index (χ1) is 50.9. The third-order valence-corrected chi connectivity index (χ3v) is 19.7. The number of nitrogens with zero attached hydrogens (tertiary/aromatic N) is 10. The summed E-state index contributed by atoms with van der Waals surface area (Å²) in [5.41, 5.74) is 22.1. The zero-order chi connectivity index (χ0) is 70.3. The smallest absolute Gasteiger partial charge is 0.399 e. The Morgan fingerprint density at radius 3 is 1.01 bits per heavy atom. The molecule has 0 saturated carbocycles. The summed E-state index contributed by atoms with van der Waals surface area (Å²) in [6, 6.07) is 112. The average Bonchev–Trinajstić information content (AvgIpc) is 1.56. The zero-order valence-electron chi connectivity index (χ0n) is 57.4. The molecule has 498 valence electrons. The molecule has 1 aliphatic heterocycles. The standard InChI is InChI=1S/C42H27N5.C27H25BN2O2.C21H14ClN3/c1-3-13-28(14-4-1)33-18-8-9-19-34(33)41-45-39(30-15-5-2-6-16-30)44-40(46-41)31-25-23-29(24-26-31)35-27-32-17-7-11-21-37(32)47-38-22-12-10-20-36(38)43-42(35)47;1-26(2)27(3,4)32-28(31-26)20-15-13-18(14-16-20)21-17-19-9-5-7-11-23(19)30-24-12-8-6-10-22(24)29-25(21)30;22-21-24-19(16-11-5-2-6-12-16)23-20(25-21)18-14-8-7-13-17(18)15-9-3-1-4-10-15/h1-27H;5-17H,1-4H3;1-14H. The molecule has 0 atom stereocenters. The molecule has 6 aromatic heterocycles. The Balaban J connectivity index is 0.000000122. The quantitative estimate of drug-likeness (QED) is 0.122. The van der Waals surface area contributed by atoms with Gasteiger partial charge >= 0.3 is 7.12 Å². The van der Waals surface area contributed by atoms with Crippen LogP contribution in [0.25, 0.3) is 157 Å². The summed E-state index contributed by atoms with van der Waals surface area (Å²) in [5, 5.41) is 2.54. The largest absolute Gasteiger partial charge is 0.494 e. The lowest BCUT2D eigenvalue weighted by Crippen LogP contribution is -2.41. The number of benzene rings is 12. The van der Waals surface area contributed by atoms with E-state index >= 15 is 0 Å². The van der Waals surface area contributed by atoms with Crippen molar-refractivity contribution in [3.05, 3.63) is 333 Å². The zero-order valence-corrected chi connectivity index (χ0v) is 58.2. The van der Waals surface area contributed by atoms with Crippen molar-refractivity contribution >= 4 is 79.3 Å². The van der Waals surface area contributed by atoms with Gasteiger partial charge in [-0.25, -0.2) is 29.9 Å². The maximum Gasteiger partial charge on any atom is 0.494 e. The molecule has 0 N–H and O–H groups in total. The van der Waals surface area contributed by atoms with Crippen LogP contribution < -0.4 is 5.46 Å². The molecule has 0 bridgehead atoms. The van der Waals surface area contributed by atoms with Gasteiger partial charge in [0.2, 0.25) is 5.28 Å². The molecule has 1 fully saturated rings. The molecule has 0 amide bonds. The topological polar surface area (TPSA) is 130 Å². The first-order valence-corrected chi connectivity index (χ1v) is 35.1. The minimum absolute atomic E-state index is 0.187. The minimum Gasteiger partial charge on any atom is -0.399 e. The van der Waals surface area contributed by atoms with Crippen LogP contribution in [0, 0.1) is 0 Å². The van der Waals surface area contributed by atoms with E-state index < -0.39 is 0 Å². The van der Waals surface area contributed by atoms with Crippen molar-refractivity contribution < 1.29 is 9.31 Å². The van der Waals surface area contributed by atoms with Crippen LogP contribution in [0.4, 0.5) is 0 Å². The number of pyridine rings is 2. The number of halogens is 1. The van der Waals surface area contributed by atoms with E-state index in [4.69, 9.17) is 45.8 Å². The molecule has 0 aliphatic carbocycles. The highest BCUT2D eigenvalue weighted by atomic mass is 35.5. The predicted octanol–water partition coefficient (Wildman–Crippen LogP) is 21.3. The van der Waals surface area contributed by atoms with E-state index in [9.17, 15) is 0 Å². The predicted molar refractivity (Wildman–Crippen MR) is 423 cm³/mol. The van der Waals surface area contributed by atoms with Crippen molar-refractivity contribution in [2.24, 2.45) is 0 Å². The number of fused-ring (bicyclic) bond motifs is 10. The van der Waals surface area contributed by atoms with Crippen molar-refractivity contribution in [3.63, 3.8) is 0 Å². The summed E-state index contributed by atoms with van der Waals surface area (Å²) in [7, 11) is -0.361. The fourth-order valence-electron chi connectivity index (χ4n) is 13.6. The number of hydrogen-bond donors (Lipinski definition) is 0. The summed E-state index contributed by atoms with van der Waals surface area (Å²) >= 11 is 6.19. The van der Waals surface area contributed by atoms with Gasteiger partial charge in [0.1, 0.15) is 11.3 Å². The Labute approximate surface area is 606 Å². The van der Waals surface area contributed by atoms with E-state index in [0.717, 1.165) is 128 Å². The number of hydrogen-bond acceptors (Lipinski definition) is 10. The second-order valence-electron chi connectivity index (χ2n) is 26.7. The van der Waals surface area contributed by atoms with E-state index in [1.54, 1.807) is 0 Å². The van der Waals surface area contributed by atoms with Gasteiger partial charge in [-0.3, -0.25) is 8.80 Å². The molecule has 12 nitrogen and oxygen atoms in total. The fraction of sp³-hybridized carbons (Fsp3) is 0.0667. The summed E-state index contributed by atoms with van der Waals surface area (Å²) in [5.74, 6) is 3.03. The van der Waals surface area contributed by atoms with Crippen molar-refractivity contribution in [2.45, 2.75) is 38.9 Å². The van der Waals surface area contributed by atoms with E-state index in [0.29, 0.717) is 29.1 Å². The van der Waals surface area contributed by atoms with Crippen LogP contribution in [-0.2, 0) is 9.31 Å². The van der Waals surface area contributed by atoms with Crippen molar-refractivity contribution in [1.82, 2.24) is 48.7 Å². The van der Waals surface area contributed by atoms with Crippen molar-refractivity contribution in [3.8, 4) is 101 Å². The maximum absolute atomic E-state index is 6.22. The van der Waals surface area contributed by atoms with Crippen LogP contribution >= 0.6 is 11.6 Å². The molecule has 12 aromatic carbocycles. The Morgan fingerprint density at radius 1 is 0.269 bits per heavy atom.